The third-order valence-electron chi connectivity index (χ3n) is 3.60. The Morgan fingerprint density at radius 1 is 1.05 bits per heavy atom. The molecule has 2 aromatic heterocycles. The van der Waals surface area contributed by atoms with Crippen LogP contribution in [-0.2, 0) is 0 Å². The molecular formula is C16H11N3O2. The molecule has 102 valence electrons. The van der Waals surface area contributed by atoms with E-state index in [9.17, 15) is 4.79 Å². The number of hydrogen-bond acceptors (Lipinski definition) is 4. The number of nitrogens with zero attached hydrogens (tertiary/aromatic N) is 2. The van der Waals surface area contributed by atoms with E-state index in [1.54, 1.807) is 10.5 Å². The Morgan fingerprint density at radius 2 is 1.76 bits per heavy atom. The first-order valence-electron chi connectivity index (χ1n) is 6.49. The smallest absolute Gasteiger partial charge is 0.265 e. The second-order valence-electron chi connectivity index (χ2n) is 4.75. The van der Waals surface area contributed by atoms with Crippen LogP contribution in [0.2, 0.25) is 0 Å². The van der Waals surface area contributed by atoms with Gasteiger partial charge in [0.15, 0.2) is 5.58 Å². The molecule has 21 heavy (non-hydrogen) atoms. The van der Waals surface area contributed by atoms with E-state index in [4.69, 9.17) is 10.3 Å². The Morgan fingerprint density at radius 3 is 2.57 bits per heavy atom. The summed E-state index contributed by atoms with van der Waals surface area (Å²) in [6.45, 7) is 0. The minimum Gasteiger partial charge on any atom is -0.437 e. The second-order valence-corrected chi connectivity index (χ2v) is 4.75. The molecular weight excluding hydrogens is 266 g/mol. The number of benzene rings is 2. The van der Waals surface area contributed by atoms with Gasteiger partial charge in [-0.25, -0.2) is 4.40 Å². The van der Waals surface area contributed by atoms with E-state index in [1.165, 1.54) is 6.21 Å². The first kappa shape index (κ1) is 11.7. The lowest BCUT2D eigenvalue weighted by atomic mass is 10.1. The second kappa shape index (κ2) is 4.21. The van der Waals surface area contributed by atoms with Gasteiger partial charge in [0.25, 0.3) is 5.56 Å². The number of para-hydroxylation sites is 2. The Balaban J connectivity index is 2.40. The Kier molecular flexibility index (Phi) is 2.35. The maximum atomic E-state index is 12.7. The average molecular weight is 277 g/mol. The van der Waals surface area contributed by atoms with E-state index in [0.29, 0.717) is 22.2 Å². The number of nitrogens with two attached hydrogens (primary N) is 1. The van der Waals surface area contributed by atoms with Crippen molar-refractivity contribution in [3.63, 3.8) is 0 Å². The molecule has 0 saturated heterocycles. The molecule has 0 radical (unpaired) electrons. The molecule has 0 aliphatic heterocycles. The molecule has 4 aromatic rings. The molecule has 0 amide bonds. The van der Waals surface area contributed by atoms with Gasteiger partial charge in [0.1, 0.15) is 0 Å². The fourth-order valence-electron chi connectivity index (χ4n) is 2.70. The molecule has 0 aliphatic rings. The summed E-state index contributed by atoms with van der Waals surface area (Å²) < 4.78 is 7.41. The normalized spacial score (nSPS) is 12.0. The van der Waals surface area contributed by atoms with Crippen molar-refractivity contribution in [1.29, 1.82) is 0 Å². The monoisotopic (exact) mass is 277 g/mol. The number of oxazole rings is 1. The SMILES string of the molecule is N/N=C\c1c2ccccc2c(=O)n2c1oc1ccccc12. The summed E-state index contributed by atoms with van der Waals surface area (Å²) in [5.74, 6) is 5.32. The van der Waals surface area contributed by atoms with Crippen LogP contribution < -0.4 is 11.4 Å². The standard InChI is InChI=1S/C16H11N3O2/c17-18-9-12-10-5-1-2-6-11(10)15(20)19-13-7-3-4-8-14(13)21-16(12)19/h1-9H,17H2/b18-9-. The van der Waals surface area contributed by atoms with Crippen LogP contribution in [0, 0.1) is 0 Å². The fraction of sp³-hybridized carbons (Fsp3) is 0. The van der Waals surface area contributed by atoms with Crippen LogP contribution >= 0.6 is 0 Å². The van der Waals surface area contributed by atoms with Gasteiger partial charge in [-0.2, -0.15) is 5.10 Å². The highest BCUT2D eigenvalue weighted by atomic mass is 16.3. The molecule has 0 saturated carbocycles. The maximum Gasteiger partial charge on any atom is 0.265 e. The molecule has 0 unspecified atom stereocenters. The Bertz CT molecular complexity index is 1070. The summed E-state index contributed by atoms with van der Waals surface area (Å²) in [5, 5.41) is 4.99. The van der Waals surface area contributed by atoms with Gasteiger partial charge in [-0.15, -0.1) is 0 Å². The molecule has 0 spiro atoms. The zero-order chi connectivity index (χ0) is 14.4. The number of hydrazone groups is 1. The highest BCUT2D eigenvalue weighted by Gasteiger charge is 2.16. The van der Waals surface area contributed by atoms with Crippen LogP contribution in [0.15, 0.2) is 62.8 Å². The van der Waals surface area contributed by atoms with Crippen molar-refractivity contribution in [3.8, 4) is 0 Å². The lowest BCUT2D eigenvalue weighted by Gasteiger charge is -2.03. The average Bonchev–Trinajstić information content (AvgIpc) is 2.91. The van der Waals surface area contributed by atoms with Crippen LogP contribution in [0.5, 0.6) is 0 Å². The summed E-state index contributed by atoms with van der Waals surface area (Å²) in [6, 6.07) is 14.8. The predicted octanol–water partition coefficient (Wildman–Crippen LogP) is 2.49. The van der Waals surface area contributed by atoms with E-state index in [1.807, 2.05) is 42.5 Å². The molecule has 2 aromatic carbocycles. The lowest BCUT2D eigenvalue weighted by molar-refractivity contribution is 0.652. The lowest BCUT2D eigenvalue weighted by Crippen LogP contribution is -2.14. The van der Waals surface area contributed by atoms with Gasteiger partial charge in [0.2, 0.25) is 5.71 Å². The maximum absolute atomic E-state index is 12.7. The summed E-state index contributed by atoms with van der Waals surface area (Å²) in [4.78, 5) is 12.7. The first-order chi connectivity index (χ1) is 10.3. The fourth-order valence-corrected chi connectivity index (χ4v) is 2.70. The van der Waals surface area contributed by atoms with Crippen molar-refractivity contribution in [2.45, 2.75) is 0 Å². The molecule has 0 fully saturated rings. The van der Waals surface area contributed by atoms with E-state index in [2.05, 4.69) is 5.10 Å². The van der Waals surface area contributed by atoms with Crippen molar-refractivity contribution >= 4 is 33.8 Å². The molecule has 0 bridgehead atoms. The van der Waals surface area contributed by atoms with Gasteiger partial charge in [0.05, 0.1) is 17.3 Å². The van der Waals surface area contributed by atoms with Crippen molar-refractivity contribution in [1.82, 2.24) is 4.40 Å². The highest BCUT2D eigenvalue weighted by molar-refractivity contribution is 6.05. The third kappa shape index (κ3) is 1.51. The van der Waals surface area contributed by atoms with Crippen molar-refractivity contribution in [2.24, 2.45) is 10.9 Å². The molecule has 5 heteroatoms. The van der Waals surface area contributed by atoms with Crippen LogP contribution in [0.4, 0.5) is 0 Å². The van der Waals surface area contributed by atoms with Crippen molar-refractivity contribution in [3.05, 3.63) is 64.4 Å². The zero-order valence-electron chi connectivity index (χ0n) is 11.0. The van der Waals surface area contributed by atoms with E-state index in [0.717, 1.165) is 10.9 Å². The van der Waals surface area contributed by atoms with E-state index >= 15 is 0 Å². The van der Waals surface area contributed by atoms with Crippen LogP contribution in [0.25, 0.3) is 27.6 Å². The van der Waals surface area contributed by atoms with Gasteiger partial charge < -0.3 is 10.3 Å². The van der Waals surface area contributed by atoms with E-state index in [-0.39, 0.29) is 5.56 Å². The molecule has 0 aliphatic carbocycles. The molecule has 5 nitrogen and oxygen atoms in total. The molecule has 2 N–H and O–H groups in total. The minimum absolute atomic E-state index is 0.111. The third-order valence-corrected chi connectivity index (χ3v) is 3.60. The zero-order valence-corrected chi connectivity index (χ0v) is 11.0. The summed E-state index contributed by atoms with van der Waals surface area (Å²) in [5.41, 5.74) is 2.42. The van der Waals surface area contributed by atoms with Gasteiger partial charge in [-0.1, -0.05) is 30.3 Å². The predicted molar refractivity (Wildman–Crippen MR) is 82.7 cm³/mol. The first-order valence-corrected chi connectivity index (χ1v) is 6.49. The van der Waals surface area contributed by atoms with Crippen LogP contribution in [0.1, 0.15) is 5.56 Å². The summed E-state index contributed by atoms with van der Waals surface area (Å²) in [6.07, 6.45) is 1.51. The number of hydrogen-bond donors (Lipinski definition) is 1. The Labute approximate surface area is 118 Å². The van der Waals surface area contributed by atoms with Crippen LogP contribution in [0.3, 0.4) is 0 Å². The minimum atomic E-state index is -0.111. The summed E-state index contributed by atoms with van der Waals surface area (Å²) >= 11 is 0. The Hall–Kier alpha value is -3.08. The van der Waals surface area contributed by atoms with Gasteiger partial charge >= 0.3 is 0 Å². The number of pyridine rings is 1. The highest BCUT2D eigenvalue weighted by Crippen LogP contribution is 2.25. The number of aromatic nitrogens is 1. The molecule has 2 heterocycles. The number of fused-ring (bicyclic) bond motifs is 4. The van der Waals surface area contributed by atoms with Crippen molar-refractivity contribution in [2.75, 3.05) is 0 Å². The van der Waals surface area contributed by atoms with E-state index < -0.39 is 0 Å². The largest absolute Gasteiger partial charge is 0.437 e. The van der Waals surface area contributed by atoms with Gasteiger partial charge in [0, 0.05) is 10.8 Å². The number of rotatable bonds is 1. The van der Waals surface area contributed by atoms with Gasteiger partial charge in [-0.3, -0.25) is 4.79 Å². The van der Waals surface area contributed by atoms with Crippen LogP contribution in [-0.4, -0.2) is 10.6 Å². The molecule has 0 atom stereocenters. The summed E-state index contributed by atoms with van der Waals surface area (Å²) in [7, 11) is 0. The van der Waals surface area contributed by atoms with Gasteiger partial charge in [-0.05, 0) is 18.2 Å². The topological polar surface area (TPSA) is 73.0 Å². The quantitative estimate of drug-likeness (QED) is 0.330. The van der Waals surface area contributed by atoms with Crippen molar-refractivity contribution < 1.29 is 4.42 Å². The molecule has 4 rings (SSSR count).